The number of allylic oxidation sites excluding steroid dienone is 12. The summed E-state index contributed by atoms with van der Waals surface area (Å²) in [6.07, 6.45) is 22.0. The van der Waals surface area contributed by atoms with Gasteiger partial charge in [0, 0.05) is 27.9 Å². The monoisotopic (exact) mass is 1000 g/mol. The number of anilines is 2. The Morgan fingerprint density at radius 1 is 0.462 bits per heavy atom. The Hall–Kier alpha value is -9.30. The molecular weight excluding hydrogens is 939 g/mol. The molecule has 1 nitrogen and oxygen atoms in total. The van der Waals surface area contributed by atoms with Gasteiger partial charge in [-0.25, -0.2) is 0 Å². The first-order valence-corrected chi connectivity index (χ1v) is 27.2. The highest BCUT2D eigenvalue weighted by atomic mass is 15.2. The van der Waals surface area contributed by atoms with Gasteiger partial charge in [0.2, 0.25) is 0 Å². The van der Waals surface area contributed by atoms with Gasteiger partial charge in [0.1, 0.15) is 0 Å². The summed E-state index contributed by atoms with van der Waals surface area (Å²) in [7, 11) is 0. The fraction of sp³-hybridized carbons (Fsp3) is 0.0909. The summed E-state index contributed by atoms with van der Waals surface area (Å²) in [6.45, 7) is 19.6. The fourth-order valence-corrected chi connectivity index (χ4v) is 12.6. The van der Waals surface area contributed by atoms with Crippen LogP contribution in [0.3, 0.4) is 0 Å². The molecule has 3 aliphatic rings. The minimum atomic E-state index is -0.661. The summed E-state index contributed by atoms with van der Waals surface area (Å²) < 4.78 is 0. The number of hydrogen-bond donors (Lipinski definition) is 0. The Kier molecular flexibility index (Phi) is 12.9. The Morgan fingerprint density at radius 2 is 1.00 bits per heavy atom. The SMILES string of the molecule is C=C/C=C\C=C(\N(c1ccc(-c2ccc3c(c2)C(c2ccccc2)(c2ccccc2)c2c(-c4ccc(-c5ccccc5)cc4)cc(-c4ccccc4)cc2-3)cc1)c1ccc2c(c1)C(C)(C)C(=C)/C2=C\C=C)C1(C)C=CC=CC1. The van der Waals surface area contributed by atoms with Crippen LogP contribution in [0.1, 0.15) is 60.6 Å². The van der Waals surface area contributed by atoms with Gasteiger partial charge in [0.05, 0.1) is 5.41 Å². The second-order valence-corrected chi connectivity index (χ2v) is 21.6. The summed E-state index contributed by atoms with van der Waals surface area (Å²) in [4.78, 5) is 2.46. The standard InChI is InChI=1S/C77H63N/c1-7-9-15-35-73(76(6)48-24-14-25-49-76)78(65-45-47-67-66(26-8-2)54(3)75(4,5)71(67)53-65)64-43-40-58(41-44-64)60-42-46-68-70-51-61(56-29-18-11-19-30-56)50-69(59-38-36-57(37-39-59)55-27-16-10-17-28-55)74(70)77(72(68)52-60,62-31-20-12-21-32-62)63-33-22-13-23-34-63/h7-48,50-53H,1-3,49H2,4-6H3/b15-9-,66-26+,73-35+. The van der Waals surface area contributed by atoms with Crippen molar-refractivity contribution in [1.82, 2.24) is 0 Å². The topological polar surface area (TPSA) is 3.24 Å². The van der Waals surface area contributed by atoms with Gasteiger partial charge >= 0.3 is 0 Å². The average Bonchev–Trinajstić information content (AvgIpc) is 4.13. The van der Waals surface area contributed by atoms with Crippen molar-refractivity contribution in [2.75, 3.05) is 4.90 Å². The van der Waals surface area contributed by atoms with Crippen LogP contribution >= 0.6 is 0 Å². The third-order valence-electron chi connectivity index (χ3n) is 16.7. The molecule has 0 spiro atoms. The first-order valence-electron chi connectivity index (χ1n) is 27.2. The second-order valence-electron chi connectivity index (χ2n) is 21.6. The molecule has 78 heavy (non-hydrogen) atoms. The molecule has 0 N–H and O–H groups in total. The number of fused-ring (bicyclic) bond motifs is 4. The molecule has 0 amide bonds. The van der Waals surface area contributed by atoms with Crippen molar-refractivity contribution in [3.63, 3.8) is 0 Å². The predicted octanol–water partition coefficient (Wildman–Crippen LogP) is 20.4. The molecule has 0 saturated heterocycles. The van der Waals surface area contributed by atoms with Gasteiger partial charge in [-0.05, 0) is 155 Å². The van der Waals surface area contributed by atoms with E-state index in [1.807, 2.05) is 18.2 Å². The van der Waals surface area contributed by atoms with E-state index < -0.39 is 5.41 Å². The smallest absolute Gasteiger partial charge is 0.0719 e. The zero-order valence-corrected chi connectivity index (χ0v) is 44.8. The molecule has 1 atom stereocenters. The van der Waals surface area contributed by atoms with Crippen LogP contribution in [0.2, 0.25) is 0 Å². The Morgan fingerprint density at radius 3 is 1.62 bits per heavy atom. The fourth-order valence-electron chi connectivity index (χ4n) is 12.6. The van der Waals surface area contributed by atoms with Crippen molar-refractivity contribution in [3.05, 3.63) is 344 Å². The molecular formula is C77H63N. The van der Waals surface area contributed by atoms with E-state index in [2.05, 4.69) is 306 Å². The molecule has 376 valence electrons. The van der Waals surface area contributed by atoms with Crippen LogP contribution in [-0.4, -0.2) is 0 Å². The lowest BCUT2D eigenvalue weighted by atomic mass is 9.65. The first kappa shape index (κ1) is 49.6. The molecule has 12 rings (SSSR count). The molecule has 0 radical (unpaired) electrons. The molecule has 0 fully saturated rings. The summed E-state index contributed by atoms with van der Waals surface area (Å²) in [5, 5.41) is 0. The van der Waals surface area contributed by atoms with E-state index in [9.17, 15) is 0 Å². The molecule has 9 aromatic rings. The van der Waals surface area contributed by atoms with Gasteiger partial charge in [-0.3, -0.25) is 0 Å². The maximum atomic E-state index is 4.61. The van der Waals surface area contributed by atoms with Gasteiger partial charge in [-0.1, -0.05) is 271 Å². The zero-order chi connectivity index (χ0) is 53.4. The summed E-state index contributed by atoms with van der Waals surface area (Å²) in [5.74, 6) is 0. The van der Waals surface area contributed by atoms with E-state index in [1.54, 1.807) is 0 Å². The Bertz CT molecular complexity index is 3880. The summed E-state index contributed by atoms with van der Waals surface area (Å²) in [6, 6.07) is 81.4. The predicted molar refractivity (Wildman–Crippen MR) is 333 cm³/mol. The van der Waals surface area contributed by atoms with Crippen LogP contribution in [0.15, 0.2) is 310 Å². The first-order chi connectivity index (χ1) is 38.1. The molecule has 0 aliphatic heterocycles. The molecule has 0 saturated carbocycles. The van der Waals surface area contributed by atoms with Crippen LogP contribution in [0.4, 0.5) is 11.4 Å². The lowest BCUT2D eigenvalue weighted by Gasteiger charge is -2.39. The van der Waals surface area contributed by atoms with E-state index in [-0.39, 0.29) is 10.8 Å². The van der Waals surface area contributed by atoms with E-state index in [4.69, 9.17) is 0 Å². The van der Waals surface area contributed by atoms with E-state index in [0.29, 0.717) is 0 Å². The highest BCUT2D eigenvalue weighted by molar-refractivity contribution is 5.97. The average molecular weight is 1000 g/mol. The second kappa shape index (κ2) is 20.3. The van der Waals surface area contributed by atoms with Gasteiger partial charge in [0.15, 0.2) is 0 Å². The lowest BCUT2D eigenvalue weighted by Crippen LogP contribution is -2.30. The highest BCUT2D eigenvalue weighted by Gasteiger charge is 2.48. The quantitative estimate of drug-likeness (QED) is 0.104. The minimum Gasteiger partial charge on any atom is -0.313 e. The normalized spacial score (nSPS) is 17.2. The van der Waals surface area contributed by atoms with Crippen molar-refractivity contribution < 1.29 is 0 Å². The largest absolute Gasteiger partial charge is 0.313 e. The van der Waals surface area contributed by atoms with Crippen LogP contribution in [0.25, 0.3) is 61.2 Å². The number of rotatable bonds is 13. The van der Waals surface area contributed by atoms with E-state index in [1.165, 1.54) is 77.9 Å². The van der Waals surface area contributed by atoms with Crippen molar-refractivity contribution in [2.45, 2.75) is 38.0 Å². The van der Waals surface area contributed by atoms with Crippen molar-refractivity contribution in [2.24, 2.45) is 5.41 Å². The van der Waals surface area contributed by atoms with Crippen LogP contribution in [0, 0.1) is 5.41 Å². The van der Waals surface area contributed by atoms with Crippen molar-refractivity contribution in [3.8, 4) is 55.6 Å². The molecule has 0 bridgehead atoms. The molecule has 9 aromatic carbocycles. The summed E-state index contributed by atoms with van der Waals surface area (Å²) >= 11 is 0. The van der Waals surface area contributed by atoms with Crippen LogP contribution < -0.4 is 4.90 Å². The minimum absolute atomic E-state index is 0.265. The number of hydrogen-bond acceptors (Lipinski definition) is 1. The lowest BCUT2D eigenvalue weighted by molar-refractivity contribution is 0.508. The number of nitrogens with zero attached hydrogens (tertiary/aromatic N) is 1. The molecule has 1 unspecified atom stereocenters. The molecule has 0 aromatic heterocycles. The van der Waals surface area contributed by atoms with Gasteiger partial charge < -0.3 is 4.90 Å². The van der Waals surface area contributed by atoms with Gasteiger partial charge in [0.25, 0.3) is 0 Å². The highest BCUT2D eigenvalue weighted by Crippen LogP contribution is 2.60. The Labute approximate surface area is 462 Å². The Balaban J connectivity index is 1.05. The van der Waals surface area contributed by atoms with Crippen LogP contribution in [0.5, 0.6) is 0 Å². The van der Waals surface area contributed by atoms with Gasteiger partial charge in [-0.2, -0.15) is 0 Å². The third-order valence-corrected chi connectivity index (χ3v) is 16.7. The van der Waals surface area contributed by atoms with Crippen LogP contribution in [-0.2, 0) is 10.8 Å². The summed E-state index contributed by atoms with van der Waals surface area (Å²) in [5.41, 5.74) is 23.8. The van der Waals surface area contributed by atoms with Crippen molar-refractivity contribution in [1.29, 1.82) is 0 Å². The van der Waals surface area contributed by atoms with E-state index >= 15 is 0 Å². The molecule has 3 aliphatic carbocycles. The maximum Gasteiger partial charge on any atom is 0.0719 e. The van der Waals surface area contributed by atoms with E-state index in [0.717, 1.165) is 45.8 Å². The maximum absolute atomic E-state index is 4.61. The van der Waals surface area contributed by atoms with Gasteiger partial charge in [-0.15, -0.1) is 0 Å². The number of benzene rings is 9. The third kappa shape index (κ3) is 8.44. The van der Waals surface area contributed by atoms with Crippen molar-refractivity contribution >= 4 is 16.9 Å². The molecule has 0 heterocycles. The zero-order valence-electron chi connectivity index (χ0n) is 44.8. The molecule has 1 heteroatoms.